The molecule has 1 fully saturated rings. The molecular weight excluding hydrogens is 449 g/mol. The molecule has 1 saturated heterocycles. The number of hydrogen-bond acceptors (Lipinski definition) is 4. The highest BCUT2D eigenvalue weighted by atomic mass is 127. The number of hydrogen-bond donors (Lipinski definition) is 1. The fourth-order valence-corrected chi connectivity index (χ4v) is 2.46. The first-order valence-corrected chi connectivity index (χ1v) is 8.44. The fraction of sp³-hybridized carbons (Fsp3) is 0.625. The third-order valence-electron chi connectivity index (χ3n) is 3.92. The first-order valence-electron chi connectivity index (χ1n) is 8.44. The van der Waals surface area contributed by atoms with Crippen LogP contribution in [0.2, 0.25) is 0 Å². The predicted octanol–water partition coefficient (Wildman–Crippen LogP) is 0.131. The average Bonchev–Trinajstić information content (AvgIpc) is 3.00. The van der Waals surface area contributed by atoms with Crippen molar-refractivity contribution in [2.24, 2.45) is 12.0 Å². The summed E-state index contributed by atoms with van der Waals surface area (Å²) in [6.07, 6.45) is 4.45. The number of halogens is 1. The number of aryl methyl sites for hydroxylation is 1. The first-order chi connectivity index (χ1) is 11.9. The molecule has 0 bridgehead atoms. The molecule has 0 spiro atoms. The van der Waals surface area contributed by atoms with Crippen molar-refractivity contribution in [2.45, 2.75) is 13.3 Å². The number of carbonyl (C=O) groups is 2. The molecule has 1 N–H and O–H groups in total. The second-order valence-electron chi connectivity index (χ2n) is 6.19. The number of rotatable bonds is 5. The van der Waals surface area contributed by atoms with Gasteiger partial charge in [-0.25, -0.2) is 4.99 Å². The lowest BCUT2D eigenvalue weighted by atomic mass is 10.3. The third-order valence-corrected chi connectivity index (χ3v) is 3.92. The predicted molar refractivity (Wildman–Crippen MR) is 112 cm³/mol. The SMILES string of the molecule is CCCNC(=NCC(=O)N(C)C)N1CCN(c2cnn(C)c2)C(=O)C1.I. The molecular formula is C16H28IN7O2. The summed E-state index contributed by atoms with van der Waals surface area (Å²) in [4.78, 5) is 33.9. The van der Waals surface area contributed by atoms with E-state index in [1.54, 1.807) is 29.9 Å². The standard InChI is InChI=1S/C16H27N7O2.HI/c1-5-6-17-16(18-10-14(24)20(2)3)22-7-8-23(15(25)12-22)13-9-19-21(4)11-13;/h9,11H,5-8,10,12H2,1-4H3,(H,17,18);1H. The minimum absolute atomic E-state index is 0. The number of aliphatic imine (C=N–C) groups is 1. The molecule has 0 radical (unpaired) electrons. The van der Waals surface area contributed by atoms with E-state index >= 15 is 0 Å². The average molecular weight is 477 g/mol. The molecule has 1 aliphatic rings. The maximum atomic E-state index is 12.5. The van der Waals surface area contributed by atoms with Crippen molar-refractivity contribution in [3.8, 4) is 0 Å². The van der Waals surface area contributed by atoms with Gasteiger partial charge in [0.05, 0.1) is 11.9 Å². The Kier molecular flexibility index (Phi) is 8.82. The molecule has 0 saturated carbocycles. The number of aromatic nitrogens is 2. The number of nitrogens with zero attached hydrogens (tertiary/aromatic N) is 6. The van der Waals surface area contributed by atoms with Gasteiger partial charge in [-0.3, -0.25) is 14.3 Å². The van der Waals surface area contributed by atoms with E-state index in [0.29, 0.717) is 19.0 Å². The van der Waals surface area contributed by atoms with Gasteiger partial charge in [-0.2, -0.15) is 5.10 Å². The van der Waals surface area contributed by atoms with Crippen LogP contribution < -0.4 is 10.2 Å². The molecule has 1 aromatic rings. The summed E-state index contributed by atoms with van der Waals surface area (Å²) in [5.74, 6) is 0.525. The highest BCUT2D eigenvalue weighted by molar-refractivity contribution is 14.0. The van der Waals surface area contributed by atoms with E-state index < -0.39 is 0 Å². The van der Waals surface area contributed by atoms with Crippen LogP contribution in [0, 0.1) is 0 Å². The molecule has 146 valence electrons. The van der Waals surface area contributed by atoms with Crippen molar-refractivity contribution in [3.05, 3.63) is 12.4 Å². The van der Waals surface area contributed by atoms with E-state index in [9.17, 15) is 9.59 Å². The van der Waals surface area contributed by atoms with E-state index in [4.69, 9.17) is 0 Å². The van der Waals surface area contributed by atoms with Gasteiger partial charge < -0.3 is 20.0 Å². The van der Waals surface area contributed by atoms with Gasteiger partial charge in [0.15, 0.2) is 5.96 Å². The monoisotopic (exact) mass is 477 g/mol. The Balaban J connectivity index is 0.00000338. The lowest BCUT2D eigenvalue weighted by Gasteiger charge is -2.35. The summed E-state index contributed by atoms with van der Waals surface area (Å²) in [5, 5.41) is 7.35. The number of amides is 2. The van der Waals surface area contributed by atoms with Crippen LogP contribution in [0.25, 0.3) is 0 Å². The van der Waals surface area contributed by atoms with Gasteiger partial charge >= 0.3 is 0 Å². The normalized spacial score (nSPS) is 14.9. The van der Waals surface area contributed by atoms with Crippen LogP contribution in [0.1, 0.15) is 13.3 Å². The molecule has 0 aliphatic carbocycles. The molecule has 26 heavy (non-hydrogen) atoms. The first kappa shape index (κ1) is 22.2. The number of nitrogens with one attached hydrogen (secondary N) is 1. The number of piperazine rings is 1. The van der Waals surface area contributed by atoms with Gasteiger partial charge in [0, 0.05) is 47.0 Å². The van der Waals surface area contributed by atoms with Crippen LogP contribution in [-0.2, 0) is 16.6 Å². The molecule has 1 aromatic heterocycles. The molecule has 2 amide bonds. The quantitative estimate of drug-likeness (QED) is 0.370. The second-order valence-corrected chi connectivity index (χ2v) is 6.19. The highest BCUT2D eigenvalue weighted by Gasteiger charge is 2.27. The lowest BCUT2D eigenvalue weighted by molar-refractivity contribution is -0.127. The van der Waals surface area contributed by atoms with E-state index in [2.05, 4.69) is 22.3 Å². The van der Waals surface area contributed by atoms with Gasteiger partial charge in [-0.15, -0.1) is 24.0 Å². The number of likely N-dealkylation sites (N-methyl/N-ethyl adjacent to an activating group) is 1. The Morgan fingerprint density at radius 1 is 1.38 bits per heavy atom. The van der Waals surface area contributed by atoms with E-state index in [1.165, 1.54) is 4.90 Å². The summed E-state index contributed by atoms with van der Waals surface area (Å²) < 4.78 is 1.68. The topological polar surface area (TPSA) is 86.1 Å². The van der Waals surface area contributed by atoms with Crippen molar-refractivity contribution in [1.29, 1.82) is 0 Å². The maximum absolute atomic E-state index is 12.5. The maximum Gasteiger partial charge on any atom is 0.246 e. The second kappa shape index (κ2) is 10.3. The fourth-order valence-electron chi connectivity index (χ4n) is 2.46. The van der Waals surface area contributed by atoms with Gasteiger partial charge in [-0.1, -0.05) is 6.92 Å². The Hall–Kier alpha value is -1.85. The van der Waals surface area contributed by atoms with Crippen molar-refractivity contribution in [3.63, 3.8) is 0 Å². The number of carbonyl (C=O) groups excluding carboxylic acids is 2. The van der Waals surface area contributed by atoms with Crippen LogP contribution in [0.15, 0.2) is 17.4 Å². The van der Waals surface area contributed by atoms with Crippen molar-refractivity contribution < 1.29 is 9.59 Å². The zero-order valence-electron chi connectivity index (χ0n) is 15.8. The Morgan fingerprint density at radius 2 is 2.12 bits per heavy atom. The summed E-state index contributed by atoms with van der Waals surface area (Å²) in [6, 6.07) is 0. The van der Waals surface area contributed by atoms with Crippen LogP contribution in [0.3, 0.4) is 0 Å². The van der Waals surface area contributed by atoms with E-state index in [0.717, 1.165) is 18.7 Å². The molecule has 0 atom stereocenters. The zero-order chi connectivity index (χ0) is 18.4. The van der Waals surface area contributed by atoms with E-state index in [-0.39, 0.29) is 48.9 Å². The Labute approximate surface area is 171 Å². The van der Waals surface area contributed by atoms with Crippen LogP contribution in [0.4, 0.5) is 5.69 Å². The summed E-state index contributed by atoms with van der Waals surface area (Å²) in [7, 11) is 5.23. The van der Waals surface area contributed by atoms with Crippen molar-refractivity contribution in [2.75, 3.05) is 51.7 Å². The van der Waals surface area contributed by atoms with Crippen LogP contribution in [0.5, 0.6) is 0 Å². The lowest BCUT2D eigenvalue weighted by Crippen LogP contribution is -2.55. The minimum atomic E-state index is -0.0730. The van der Waals surface area contributed by atoms with Crippen molar-refractivity contribution >= 4 is 47.4 Å². The minimum Gasteiger partial charge on any atom is -0.356 e. The summed E-state index contributed by atoms with van der Waals surface area (Å²) in [6.45, 7) is 4.29. The van der Waals surface area contributed by atoms with Crippen molar-refractivity contribution in [1.82, 2.24) is 24.9 Å². The summed E-state index contributed by atoms with van der Waals surface area (Å²) >= 11 is 0. The molecule has 1 aliphatic heterocycles. The van der Waals surface area contributed by atoms with Gasteiger partial charge in [0.25, 0.3) is 0 Å². The van der Waals surface area contributed by atoms with Gasteiger partial charge in [0.2, 0.25) is 11.8 Å². The molecule has 9 nitrogen and oxygen atoms in total. The number of guanidine groups is 1. The summed E-state index contributed by atoms with van der Waals surface area (Å²) in [5.41, 5.74) is 0.801. The number of anilines is 1. The van der Waals surface area contributed by atoms with Crippen LogP contribution >= 0.6 is 24.0 Å². The van der Waals surface area contributed by atoms with Gasteiger partial charge in [0.1, 0.15) is 13.1 Å². The van der Waals surface area contributed by atoms with Crippen LogP contribution in [-0.4, -0.2) is 84.2 Å². The highest BCUT2D eigenvalue weighted by Crippen LogP contribution is 2.16. The largest absolute Gasteiger partial charge is 0.356 e. The molecule has 2 heterocycles. The molecule has 2 rings (SSSR count). The zero-order valence-corrected chi connectivity index (χ0v) is 18.1. The molecule has 0 unspecified atom stereocenters. The molecule has 10 heteroatoms. The third kappa shape index (κ3) is 5.85. The Morgan fingerprint density at radius 3 is 2.65 bits per heavy atom. The smallest absolute Gasteiger partial charge is 0.246 e. The molecule has 0 aromatic carbocycles. The van der Waals surface area contributed by atoms with Gasteiger partial charge in [-0.05, 0) is 6.42 Å². The Bertz CT molecular complexity index is 644. The van der Waals surface area contributed by atoms with E-state index in [1.807, 2.05) is 18.1 Å².